The second kappa shape index (κ2) is 7.36. The monoisotopic (exact) mass is 431 g/mol. The van der Waals surface area contributed by atoms with Gasteiger partial charge in [0.05, 0.1) is 12.8 Å². The van der Waals surface area contributed by atoms with Crippen molar-refractivity contribution in [3.8, 4) is 5.88 Å². The van der Waals surface area contributed by atoms with Crippen molar-refractivity contribution in [2.75, 3.05) is 25.6 Å². The number of anilines is 1. The molecule has 30 heavy (non-hydrogen) atoms. The summed E-state index contributed by atoms with van der Waals surface area (Å²) in [6.07, 6.45) is 7.43. The fraction of sp³-hybridized carbons (Fsp3) is 0.500. The van der Waals surface area contributed by atoms with Gasteiger partial charge in [-0.3, -0.25) is 0 Å². The smallest absolute Gasteiger partial charge is 0.354 e. The van der Waals surface area contributed by atoms with Gasteiger partial charge in [0.1, 0.15) is 17.5 Å². The van der Waals surface area contributed by atoms with Crippen molar-refractivity contribution in [3.63, 3.8) is 0 Å². The van der Waals surface area contributed by atoms with Gasteiger partial charge in [-0.05, 0) is 60.8 Å². The third kappa shape index (κ3) is 3.19. The Hall–Kier alpha value is -2.43. The Morgan fingerprint density at radius 1 is 1.33 bits per heavy atom. The summed E-state index contributed by atoms with van der Waals surface area (Å²) in [4.78, 5) is 12.9. The molecule has 2 heterocycles. The lowest BCUT2D eigenvalue weighted by molar-refractivity contribution is 0.145. The maximum absolute atomic E-state index is 13.1. The van der Waals surface area contributed by atoms with Crippen LogP contribution in [0.5, 0.6) is 5.88 Å². The van der Waals surface area contributed by atoms with E-state index in [4.69, 9.17) is 14.6 Å². The van der Waals surface area contributed by atoms with Crippen molar-refractivity contribution in [2.24, 2.45) is 9.50 Å². The van der Waals surface area contributed by atoms with Gasteiger partial charge in [-0.25, -0.2) is 18.8 Å². The molecule has 10 heteroatoms. The highest BCUT2D eigenvalue weighted by Gasteiger charge is 2.32. The largest absolute Gasteiger partial charge is 0.475 e. The lowest BCUT2D eigenvalue weighted by Gasteiger charge is -2.15. The van der Waals surface area contributed by atoms with Crippen molar-refractivity contribution in [1.82, 2.24) is 9.78 Å². The molecule has 0 unspecified atom stereocenters. The number of nitrogens with zero attached hydrogens (tertiary/aromatic N) is 3. The van der Waals surface area contributed by atoms with Crippen LogP contribution in [-0.4, -0.2) is 40.3 Å². The molecule has 1 aromatic carbocycles. The standard InChI is InChI=1S/C20H25N5O4S/c1-28-10-14-11-29-19-17(9-22-25(14)19)30(21,27)24-20(26)23-18-15-6-2-4-12(15)8-13-5-3-7-16(13)18/h8-9,14H,2-7,10-11H2,1H3,(H3,21,23,24,26,27)/t14-,30+/m0/s1. The van der Waals surface area contributed by atoms with Crippen LogP contribution in [0.2, 0.25) is 0 Å². The maximum Gasteiger partial charge on any atom is 0.354 e. The summed E-state index contributed by atoms with van der Waals surface area (Å²) in [5.41, 5.74) is 5.80. The fourth-order valence-corrected chi connectivity index (χ4v) is 5.75. The zero-order chi connectivity index (χ0) is 20.9. The molecule has 1 aliphatic heterocycles. The molecule has 160 valence electrons. The number of benzene rings is 1. The van der Waals surface area contributed by atoms with E-state index in [9.17, 15) is 9.00 Å². The number of nitrogens with two attached hydrogens (primary N) is 1. The zero-order valence-corrected chi connectivity index (χ0v) is 17.7. The van der Waals surface area contributed by atoms with E-state index in [-0.39, 0.29) is 16.8 Å². The molecule has 2 aromatic rings. The number of ether oxygens (including phenoxy) is 2. The van der Waals surface area contributed by atoms with Gasteiger partial charge in [0.2, 0.25) is 5.88 Å². The highest BCUT2D eigenvalue weighted by atomic mass is 32.2. The van der Waals surface area contributed by atoms with E-state index >= 15 is 0 Å². The number of nitrogens with one attached hydrogen (secondary N) is 1. The fourth-order valence-electron chi connectivity index (χ4n) is 4.76. The minimum atomic E-state index is -3.51. The van der Waals surface area contributed by atoms with E-state index < -0.39 is 15.9 Å². The van der Waals surface area contributed by atoms with Crippen LogP contribution >= 0.6 is 0 Å². The van der Waals surface area contributed by atoms with E-state index in [2.05, 4.69) is 20.8 Å². The molecule has 3 N–H and O–H groups in total. The van der Waals surface area contributed by atoms with Crippen LogP contribution in [0.4, 0.5) is 10.5 Å². The number of carbonyl (C=O) groups excluding carboxylic acids is 1. The van der Waals surface area contributed by atoms with Crippen LogP contribution in [-0.2, 0) is 40.3 Å². The molecule has 5 rings (SSSR count). The molecule has 2 amide bonds. The number of aryl methyl sites for hydroxylation is 2. The highest BCUT2D eigenvalue weighted by molar-refractivity contribution is 7.91. The normalized spacial score (nSPS) is 20.8. The predicted octanol–water partition coefficient (Wildman–Crippen LogP) is 2.37. The molecular weight excluding hydrogens is 406 g/mol. The molecule has 0 fully saturated rings. The van der Waals surface area contributed by atoms with E-state index in [1.807, 2.05) is 0 Å². The average molecular weight is 432 g/mol. The number of hydrogen-bond donors (Lipinski definition) is 2. The van der Waals surface area contributed by atoms with Gasteiger partial charge >= 0.3 is 6.03 Å². The number of rotatable bonds is 4. The van der Waals surface area contributed by atoms with Crippen molar-refractivity contribution in [1.29, 1.82) is 0 Å². The van der Waals surface area contributed by atoms with Crippen LogP contribution in [0.3, 0.4) is 0 Å². The van der Waals surface area contributed by atoms with E-state index in [0.717, 1.165) is 44.2 Å². The molecule has 1 aromatic heterocycles. The molecule has 0 spiro atoms. The Bertz CT molecular complexity index is 1120. The van der Waals surface area contributed by atoms with Gasteiger partial charge in [-0.1, -0.05) is 6.07 Å². The summed E-state index contributed by atoms with van der Waals surface area (Å²) in [6.45, 7) is 0.746. The summed E-state index contributed by atoms with van der Waals surface area (Å²) < 4.78 is 29.3. The first-order valence-corrected chi connectivity index (χ1v) is 11.8. The van der Waals surface area contributed by atoms with Crippen molar-refractivity contribution >= 4 is 21.6 Å². The molecule has 2 aliphatic carbocycles. The minimum absolute atomic E-state index is 0.125. The summed E-state index contributed by atoms with van der Waals surface area (Å²) in [7, 11) is -1.93. The van der Waals surface area contributed by atoms with Gasteiger partial charge in [-0.15, -0.1) is 4.36 Å². The van der Waals surface area contributed by atoms with Gasteiger partial charge in [0, 0.05) is 12.8 Å². The Labute approximate surface area is 175 Å². The minimum Gasteiger partial charge on any atom is -0.475 e. The number of urea groups is 1. The molecule has 0 saturated carbocycles. The van der Waals surface area contributed by atoms with Crippen molar-refractivity contribution < 1.29 is 18.5 Å². The molecule has 2 atom stereocenters. The van der Waals surface area contributed by atoms with Crippen LogP contribution < -0.4 is 15.2 Å². The number of amides is 2. The maximum atomic E-state index is 13.1. The first-order chi connectivity index (χ1) is 14.5. The summed E-state index contributed by atoms with van der Waals surface area (Å²) in [6, 6.07) is 1.45. The SMILES string of the molecule is COC[C@H]1COc2c([S@](N)(=O)=NC(=O)Nc3c4c(cc5c3CCC5)CCC4)cnn21. The molecule has 0 bridgehead atoms. The van der Waals surface area contributed by atoms with Crippen molar-refractivity contribution in [3.05, 3.63) is 34.5 Å². The first-order valence-electron chi connectivity index (χ1n) is 10.2. The Morgan fingerprint density at radius 3 is 2.70 bits per heavy atom. The molecule has 0 radical (unpaired) electrons. The Kier molecular flexibility index (Phi) is 4.79. The van der Waals surface area contributed by atoms with Gasteiger partial charge in [0.15, 0.2) is 9.92 Å². The van der Waals surface area contributed by atoms with Crippen LogP contribution in [0.1, 0.15) is 41.1 Å². The Morgan fingerprint density at radius 2 is 2.03 bits per heavy atom. The van der Waals surface area contributed by atoms with Crippen LogP contribution in [0.15, 0.2) is 21.5 Å². The van der Waals surface area contributed by atoms with Crippen LogP contribution in [0.25, 0.3) is 0 Å². The second-order valence-electron chi connectivity index (χ2n) is 8.00. The zero-order valence-electron chi connectivity index (χ0n) is 16.8. The Balaban J connectivity index is 1.45. The highest BCUT2D eigenvalue weighted by Crippen LogP contribution is 2.39. The van der Waals surface area contributed by atoms with Gasteiger partial charge < -0.3 is 14.8 Å². The number of aromatic nitrogens is 2. The summed E-state index contributed by atoms with van der Waals surface area (Å²) in [5.74, 6) is 0.280. The third-order valence-electron chi connectivity index (χ3n) is 6.07. The number of carbonyl (C=O) groups is 1. The number of hydrogen-bond acceptors (Lipinski definition) is 5. The number of methoxy groups -OCH3 is 1. The lowest BCUT2D eigenvalue weighted by atomic mass is 9.99. The van der Waals surface area contributed by atoms with Crippen LogP contribution in [0, 0.1) is 0 Å². The van der Waals surface area contributed by atoms with E-state index in [1.54, 1.807) is 11.8 Å². The molecular formula is C20H25N5O4S. The molecule has 0 saturated heterocycles. The second-order valence-corrected chi connectivity index (χ2v) is 9.76. The number of fused-ring (bicyclic) bond motifs is 3. The topological polar surface area (TPSA) is 121 Å². The quantitative estimate of drug-likeness (QED) is 0.770. The summed E-state index contributed by atoms with van der Waals surface area (Å²) in [5, 5.41) is 13.1. The molecule has 9 nitrogen and oxygen atoms in total. The predicted molar refractivity (Wildman–Crippen MR) is 111 cm³/mol. The average Bonchev–Trinajstić information content (AvgIpc) is 3.46. The molecule has 3 aliphatic rings. The van der Waals surface area contributed by atoms with E-state index in [0.29, 0.717) is 13.2 Å². The van der Waals surface area contributed by atoms with Crippen molar-refractivity contribution in [2.45, 2.75) is 49.5 Å². The summed E-state index contributed by atoms with van der Waals surface area (Å²) >= 11 is 0. The lowest BCUT2D eigenvalue weighted by Crippen LogP contribution is -2.19. The third-order valence-corrected chi connectivity index (χ3v) is 7.42. The van der Waals surface area contributed by atoms with Gasteiger partial charge in [0.25, 0.3) is 0 Å². The van der Waals surface area contributed by atoms with Gasteiger partial charge in [-0.2, -0.15) is 5.10 Å². The first kappa shape index (κ1) is 19.5. The van der Waals surface area contributed by atoms with E-state index in [1.165, 1.54) is 28.5 Å².